The first-order valence-electron chi connectivity index (χ1n) is 14.7. The summed E-state index contributed by atoms with van der Waals surface area (Å²) in [5, 5.41) is 14.5. The molecule has 5 saturated heterocycles. The highest BCUT2D eigenvalue weighted by molar-refractivity contribution is 5.19. The van der Waals surface area contributed by atoms with E-state index < -0.39 is 0 Å². The van der Waals surface area contributed by atoms with Gasteiger partial charge in [-0.1, -0.05) is 20.8 Å². The Labute approximate surface area is 213 Å². The molecule has 2 bridgehead atoms. The van der Waals surface area contributed by atoms with Gasteiger partial charge in [0.05, 0.1) is 24.8 Å². The Morgan fingerprint density at radius 1 is 1.03 bits per heavy atom. The van der Waals surface area contributed by atoms with Crippen LogP contribution in [0.4, 0.5) is 0 Å². The van der Waals surface area contributed by atoms with E-state index in [9.17, 15) is 5.26 Å². The molecule has 1 N–H and O–H groups in total. The van der Waals surface area contributed by atoms with Crippen molar-refractivity contribution in [2.75, 3.05) is 60.0 Å². The second kappa shape index (κ2) is 7.90. The largest absolute Gasteiger partial charge is 0.315 e. The van der Waals surface area contributed by atoms with E-state index >= 15 is 0 Å². The Morgan fingerprint density at radius 3 is 2.49 bits per heavy atom. The van der Waals surface area contributed by atoms with Crippen LogP contribution >= 0.6 is 0 Å². The molecular weight excluding hydrogens is 432 g/mol. The Hall–Kier alpha value is -0.710. The van der Waals surface area contributed by atoms with Crippen molar-refractivity contribution in [3.05, 3.63) is 0 Å². The predicted octanol–water partition coefficient (Wildman–Crippen LogP) is 2.59. The molecule has 0 aromatic rings. The zero-order chi connectivity index (χ0) is 24.3. The number of nitrogens with zero attached hydrogens (tertiary/aromatic N) is 5. The molecule has 3 saturated carbocycles. The van der Waals surface area contributed by atoms with Gasteiger partial charge in [0.15, 0.2) is 0 Å². The van der Waals surface area contributed by atoms with Crippen molar-refractivity contribution in [2.45, 2.75) is 64.7 Å². The van der Waals surface area contributed by atoms with Gasteiger partial charge in [-0.05, 0) is 80.7 Å². The molecule has 194 valence electrons. The second-order valence-corrected chi connectivity index (χ2v) is 14.8. The van der Waals surface area contributed by atoms with Crippen LogP contribution in [0.5, 0.6) is 0 Å². The minimum atomic E-state index is 0.128. The number of likely N-dealkylation sites (N-methyl/N-ethyl adjacent to an activating group) is 1. The number of rotatable bonds is 2. The first kappa shape index (κ1) is 23.4. The van der Waals surface area contributed by atoms with E-state index in [4.69, 9.17) is 0 Å². The van der Waals surface area contributed by atoms with Gasteiger partial charge in [-0.15, -0.1) is 0 Å². The molecule has 6 nitrogen and oxygen atoms in total. The highest BCUT2D eigenvalue weighted by atomic mass is 15.4. The molecule has 0 amide bonds. The van der Waals surface area contributed by atoms with E-state index in [2.05, 4.69) is 65.9 Å². The summed E-state index contributed by atoms with van der Waals surface area (Å²) >= 11 is 0. The Kier molecular flexibility index (Phi) is 5.28. The molecule has 6 heteroatoms. The van der Waals surface area contributed by atoms with E-state index in [1.165, 1.54) is 65.0 Å². The second-order valence-electron chi connectivity index (χ2n) is 14.8. The number of hydrogen-bond acceptors (Lipinski definition) is 6. The van der Waals surface area contributed by atoms with Crippen LogP contribution in [-0.4, -0.2) is 97.9 Å². The fourth-order valence-corrected chi connectivity index (χ4v) is 10.9. The van der Waals surface area contributed by atoms with Gasteiger partial charge in [-0.3, -0.25) is 19.6 Å². The van der Waals surface area contributed by atoms with Gasteiger partial charge >= 0.3 is 0 Å². The van der Waals surface area contributed by atoms with Crippen LogP contribution in [0.2, 0.25) is 0 Å². The summed E-state index contributed by atoms with van der Waals surface area (Å²) in [5.74, 6) is 4.39. The summed E-state index contributed by atoms with van der Waals surface area (Å²) in [7, 11) is 4.72. The number of likely N-dealkylation sites (tertiary alicyclic amines) is 2. The van der Waals surface area contributed by atoms with Crippen molar-refractivity contribution in [1.82, 2.24) is 24.9 Å². The van der Waals surface area contributed by atoms with Crippen LogP contribution in [0, 0.1) is 63.6 Å². The monoisotopic (exact) mass is 480 g/mol. The van der Waals surface area contributed by atoms with Gasteiger partial charge in [0, 0.05) is 56.8 Å². The predicted molar refractivity (Wildman–Crippen MR) is 138 cm³/mol. The maximum absolute atomic E-state index is 11.0. The van der Waals surface area contributed by atoms with Crippen molar-refractivity contribution in [1.29, 1.82) is 5.26 Å². The highest BCUT2D eigenvalue weighted by Gasteiger charge is 2.66. The summed E-state index contributed by atoms with van der Waals surface area (Å²) in [6.07, 6.45) is 5.67. The summed E-state index contributed by atoms with van der Waals surface area (Å²) < 4.78 is 0. The third-order valence-corrected chi connectivity index (χ3v) is 12.9. The fourth-order valence-electron chi connectivity index (χ4n) is 10.9. The Bertz CT molecular complexity index is 892. The first-order valence-corrected chi connectivity index (χ1v) is 14.7. The maximum Gasteiger partial charge on any atom is 0.0788 e. The number of nitrogens with one attached hydrogen (secondary N) is 1. The molecule has 0 aromatic carbocycles. The van der Waals surface area contributed by atoms with Crippen LogP contribution in [0.3, 0.4) is 0 Å². The van der Waals surface area contributed by atoms with Gasteiger partial charge < -0.3 is 5.32 Å². The van der Waals surface area contributed by atoms with Crippen LogP contribution in [0.25, 0.3) is 0 Å². The fraction of sp³-hybridized carbons (Fsp3) is 0.966. The number of piperidine rings is 2. The smallest absolute Gasteiger partial charge is 0.0788 e. The average Bonchev–Trinajstić information content (AvgIpc) is 3.42. The first-order chi connectivity index (χ1) is 16.7. The van der Waals surface area contributed by atoms with Gasteiger partial charge in [0.1, 0.15) is 0 Å². The Balaban J connectivity index is 1.29. The van der Waals surface area contributed by atoms with Gasteiger partial charge in [0.2, 0.25) is 0 Å². The summed E-state index contributed by atoms with van der Waals surface area (Å²) in [5.41, 5.74) is 0.940. The van der Waals surface area contributed by atoms with Crippen LogP contribution < -0.4 is 5.32 Å². The van der Waals surface area contributed by atoms with Crippen molar-refractivity contribution >= 4 is 0 Å². The summed E-state index contributed by atoms with van der Waals surface area (Å²) in [6.45, 7) is 15.9. The van der Waals surface area contributed by atoms with Crippen LogP contribution in [-0.2, 0) is 0 Å². The van der Waals surface area contributed by atoms with Gasteiger partial charge in [-0.25, -0.2) is 0 Å². The lowest BCUT2D eigenvalue weighted by molar-refractivity contribution is -0.220. The van der Waals surface area contributed by atoms with Gasteiger partial charge in [0.25, 0.3) is 0 Å². The molecule has 35 heavy (non-hydrogen) atoms. The zero-order valence-corrected chi connectivity index (χ0v) is 22.8. The standard InChI is InChI=1S/C29H48N6/c1-18-6-8-35-17-32(4)13-23(35)24(18)25-20-10-19-11-22(28(19,2)3)26(20)33(5)27(21(25)12-30)34-9-7-29(16-34)14-31-15-29/h18-27,31H,6-11,13-17H2,1-5H3. The van der Waals surface area contributed by atoms with Crippen molar-refractivity contribution in [3.8, 4) is 6.07 Å². The van der Waals surface area contributed by atoms with Crippen molar-refractivity contribution in [3.63, 3.8) is 0 Å². The summed E-state index contributed by atoms with van der Waals surface area (Å²) in [6, 6.07) is 4.32. The molecule has 1 spiro atoms. The topological polar surface area (TPSA) is 48.8 Å². The molecule has 5 heterocycles. The molecule has 0 aromatic heterocycles. The number of nitriles is 1. The third-order valence-electron chi connectivity index (χ3n) is 12.9. The average molecular weight is 481 g/mol. The van der Waals surface area contributed by atoms with Gasteiger partial charge in [-0.2, -0.15) is 5.26 Å². The molecule has 10 atom stereocenters. The Morgan fingerprint density at radius 2 is 1.83 bits per heavy atom. The molecular formula is C29H48N6. The highest BCUT2D eigenvalue weighted by Crippen LogP contribution is 2.66. The van der Waals surface area contributed by atoms with Crippen LogP contribution in [0.1, 0.15) is 46.5 Å². The lowest BCUT2D eigenvalue weighted by atomic mass is 9.41. The summed E-state index contributed by atoms with van der Waals surface area (Å²) in [4.78, 5) is 10.9. The van der Waals surface area contributed by atoms with Crippen LogP contribution in [0.15, 0.2) is 0 Å². The van der Waals surface area contributed by atoms with E-state index in [1.807, 2.05) is 0 Å². The molecule has 5 aliphatic heterocycles. The minimum Gasteiger partial charge on any atom is -0.315 e. The van der Waals surface area contributed by atoms with Crippen molar-refractivity contribution < 1.29 is 0 Å². The minimum absolute atomic E-state index is 0.128. The van der Waals surface area contributed by atoms with E-state index in [0.29, 0.717) is 46.8 Å². The maximum atomic E-state index is 11.0. The molecule has 3 aliphatic carbocycles. The molecule has 8 fully saturated rings. The SMILES string of the molecule is CC1CCN2CN(C)CC2C1C1C(C#N)C(N2CCC3(CNC3)C2)N(C)C2C1CC1CC2C1(C)C. The number of hydrogen-bond donors (Lipinski definition) is 1. The molecule has 0 radical (unpaired) electrons. The van der Waals surface area contributed by atoms with Crippen molar-refractivity contribution in [2.24, 2.45) is 52.3 Å². The lowest BCUT2D eigenvalue weighted by Gasteiger charge is -2.70. The zero-order valence-electron chi connectivity index (χ0n) is 22.8. The molecule has 10 unspecified atom stereocenters. The lowest BCUT2D eigenvalue weighted by Crippen LogP contribution is -2.73. The van der Waals surface area contributed by atoms with E-state index in [-0.39, 0.29) is 5.92 Å². The van der Waals surface area contributed by atoms with E-state index in [1.54, 1.807) is 0 Å². The normalized spacial score (nSPS) is 51.3. The molecule has 8 aliphatic rings. The quantitative estimate of drug-likeness (QED) is 0.656. The number of fused-ring (bicyclic) bond motifs is 1. The molecule has 8 rings (SSSR count). The van der Waals surface area contributed by atoms with E-state index in [0.717, 1.165) is 24.4 Å². The third kappa shape index (κ3) is 3.18.